The van der Waals surface area contributed by atoms with Crippen molar-refractivity contribution >= 4 is 0 Å². The van der Waals surface area contributed by atoms with Gasteiger partial charge in [-0.05, 0) is 42.5 Å². The van der Waals surface area contributed by atoms with Crippen LogP contribution in [0.25, 0.3) is 22.8 Å². The zero-order chi connectivity index (χ0) is 23.0. The lowest BCUT2D eigenvalue weighted by Crippen LogP contribution is -2.10. The fourth-order valence-electron chi connectivity index (χ4n) is 3.46. The standard InChI is InChI=1S/C26H24N4O4/c1-5-19-15-31-13-14-32-18-34-26-12-4-11-25(30-26)24-10-3-7-21(29-24)17-33-16-20-6-2-9-23(28-20)22(8-1)27-19/h1-12H,13-18H2. The van der Waals surface area contributed by atoms with Crippen molar-refractivity contribution in [2.45, 2.75) is 19.8 Å². The fraction of sp³-hybridized carbons (Fsp3) is 0.231. The maximum absolute atomic E-state index is 5.91. The van der Waals surface area contributed by atoms with Crippen molar-refractivity contribution in [1.29, 1.82) is 0 Å². The molecular weight excluding hydrogens is 432 g/mol. The Labute approximate surface area is 197 Å². The van der Waals surface area contributed by atoms with E-state index in [0.717, 1.165) is 34.2 Å². The number of rotatable bonds is 0. The van der Waals surface area contributed by atoms with E-state index in [1.807, 2.05) is 66.7 Å². The fourth-order valence-corrected chi connectivity index (χ4v) is 3.46. The van der Waals surface area contributed by atoms with Gasteiger partial charge in [0.1, 0.15) is 0 Å². The Kier molecular flexibility index (Phi) is 7.10. The Bertz CT molecular complexity index is 1160. The third kappa shape index (κ3) is 5.79. The zero-order valence-corrected chi connectivity index (χ0v) is 18.6. The van der Waals surface area contributed by atoms with Gasteiger partial charge in [-0.2, -0.15) is 0 Å². The Morgan fingerprint density at radius 1 is 0.471 bits per heavy atom. The summed E-state index contributed by atoms with van der Waals surface area (Å²) in [5, 5.41) is 0. The Hall–Kier alpha value is -3.72. The van der Waals surface area contributed by atoms with Crippen LogP contribution < -0.4 is 4.74 Å². The molecule has 8 bridgehead atoms. The van der Waals surface area contributed by atoms with Gasteiger partial charge in [0.25, 0.3) is 0 Å². The van der Waals surface area contributed by atoms with E-state index in [0.29, 0.717) is 44.6 Å². The topological polar surface area (TPSA) is 88.5 Å². The summed E-state index contributed by atoms with van der Waals surface area (Å²) >= 11 is 0. The summed E-state index contributed by atoms with van der Waals surface area (Å²) in [5.74, 6) is 0.469. The van der Waals surface area contributed by atoms with Crippen LogP contribution in [-0.4, -0.2) is 39.9 Å². The third-order valence-corrected chi connectivity index (χ3v) is 5.08. The molecule has 0 fully saturated rings. The second-order valence-corrected chi connectivity index (χ2v) is 7.62. The van der Waals surface area contributed by atoms with Crippen molar-refractivity contribution in [2.75, 3.05) is 20.0 Å². The monoisotopic (exact) mass is 456 g/mol. The SMILES string of the molecule is c1cc2nc(c1)-c1cccc(n1)COCc1cccc(n1)-c1cccc(n1)OCOCCOC2. The summed E-state index contributed by atoms with van der Waals surface area (Å²) in [6.45, 7) is 2.00. The van der Waals surface area contributed by atoms with Crippen LogP contribution in [0.5, 0.6) is 5.88 Å². The van der Waals surface area contributed by atoms with Gasteiger partial charge >= 0.3 is 0 Å². The molecule has 0 amide bonds. The van der Waals surface area contributed by atoms with E-state index >= 15 is 0 Å². The summed E-state index contributed by atoms with van der Waals surface area (Å²) in [4.78, 5) is 18.6. The molecular formula is C26H24N4O4. The lowest BCUT2D eigenvalue weighted by Gasteiger charge is -2.10. The molecule has 0 radical (unpaired) electrons. The molecule has 4 aromatic rings. The molecule has 0 spiro atoms. The summed E-state index contributed by atoms with van der Waals surface area (Å²) in [6.07, 6.45) is 0. The van der Waals surface area contributed by atoms with Gasteiger partial charge in [-0.25, -0.2) is 19.9 Å². The van der Waals surface area contributed by atoms with E-state index in [2.05, 4.69) is 15.0 Å². The van der Waals surface area contributed by atoms with E-state index in [1.165, 1.54) is 0 Å². The van der Waals surface area contributed by atoms with Crippen molar-refractivity contribution in [3.63, 3.8) is 0 Å². The zero-order valence-electron chi connectivity index (χ0n) is 18.6. The molecule has 0 atom stereocenters. The largest absolute Gasteiger partial charge is 0.451 e. The number of nitrogens with zero attached hydrogens (tertiary/aromatic N) is 4. The summed E-state index contributed by atoms with van der Waals surface area (Å²) < 4.78 is 22.8. The van der Waals surface area contributed by atoms with E-state index < -0.39 is 0 Å². The van der Waals surface area contributed by atoms with Crippen LogP contribution in [0.15, 0.2) is 72.8 Å². The first-order valence-corrected chi connectivity index (χ1v) is 11.1. The molecule has 172 valence electrons. The first-order valence-electron chi connectivity index (χ1n) is 11.1. The van der Waals surface area contributed by atoms with Gasteiger partial charge < -0.3 is 18.9 Å². The van der Waals surface area contributed by atoms with Gasteiger partial charge in [0.05, 0.1) is 72.9 Å². The molecule has 0 N–H and O–H groups in total. The second-order valence-electron chi connectivity index (χ2n) is 7.62. The minimum atomic E-state index is 0.0802. The van der Waals surface area contributed by atoms with Crippen molar-refractivity contribution in [3.05, 3.63) is 89.9 Å². The molecule has 8 nitrogen and oxygen atoms in total. The number of hydrogen-bond acceptors (Lipinski definition) is 8. The lowest BCUT2D eigenvalue weighted by atomic mass is 10.2. The van der Waals surface area contributed by atoms with Crippen molar-refractivity contribution in [2.24, 2.45) is 0 Å². The van der Waals surface area contributed by atoms with E-state index in [1.54, 1.807) is 6.07 Å². The minimum absolute atomic E-state index is 0.0802. The maximum Gasteiger partial charge on any atom is 0.216 e. The van der Waals surface area contributed by atoms with Gasteiger partial charge in [0.2, 0.25) is 5.88 Å². The Morgan fingerprint density at radius 3 is 1.53 bits per heavy atom. The van der Waals surface area contributed by atoms with Crippen molar-refractivity contribution in [3.8, 4) is 28.7 Å². The second kappa shape index (κ2) is 10.9. The predicted octanol–water partition coefficient (Wildman–Crippen LogP) is 4.20. The van der Waals surface area contributed by atoms with Crippen molar-refractivity contribution < 1.29 is 18.9 Å². The summed E-state index contributed by atoms with van der Waals surface area (Å²) in [5.41, 5.74) is 5.49. The highest BCUT2D eigenvalue weighted by Gasteiger charge is 2.08. The maximum atomic E-state index is 5.91. The van der Waals surface area contributed by atoms with Gasteiger partial charge in [0, 0.05) is 6.07 Å². The predicted molar refractivity (Wildman–Crippen MR) is 125 cm³/mol. The minimum Gasteiger partial charge on any atom is -0.451 e. The Balaban J connectivity index is 1.38. The van der Waals surface area contributed by atoms with Crippen LogP contribution >= 0.6 is 0 Å². The molecule has 34 heavy (non-hydrogen) atoms. The smallest absolute Gasteiger partial charge is 0.216 e. The first kappa shape index (κ1) is 22.1. The Morgan fingerprint density at radius 2 is 0.941 bits per heavy atom. The molecule has 0 saturated carbocycles. The third-order valence-electron chi connectivity index (χ3n) is 5.08. The molecule has 0 saturated heterocycles. The van der Waals surface area contributed by atoms with E-state index in [4.69, 9.17) is 23.9 Å². The van der Waals surface area contributed by atoms with Crippen LogP contribution in [-0.2, 0) is 34.0 Å². The normalized spacial score (nSPS) is 14.8. The molecule has 0 unspecified atom stereocenters. The number of ether oxygens (including phenoxy) is 4. The van der Waals surface area contributed by atoms with Gasteiger partial charge in [-0.3, -0.25) is 0 Å². The van der Waals surface area contributed by atoms with Crippen LogP contribution in [0.4, 0.5) is 0 Å². The summed E-state index contributed by atoms with van der Waals surface area (Å²) in [6, 6.07) is 23.0. The molecule has 5 heterocycles. The highest BCUT2D eigenvalue weighted by atomic mass is 16.7. The van der Waals surface area contributed by atoms with Gasteiger partial charge in [-0.1, -0.05) is 24.3 Å². The van der Waals surface area contributed by atoms with Crippen LogP contribution in [0.2, 0.25) is 0 Å². The molecule has 4 aromatic heterocycles. The number of pyridine rings is 4. The first-order chi connectivity index (χ1) is 16.8. The molecule has 5 rings (SSSR count). The molecule has 0 aliphatic carbocycles. The number of fused-ring (bicyclic) bond motifs is 10. The molecule has 1 aliphatic heterocycles. The number of aromatic nitrogens is 4. The summed E-state index contributed by atoms with van der Waals surface area (Å²) in [7, 11) is 0. The van der Waals surface area contributed by atoms with Crippen molar-refractivity contribution in [1.82, 2.24) is 19.9 Å². The van der Waals surface area contributed by atoms with Crippen LogP contribution in [0.1, 0.15) is 17.1 Å². The molecule has 0 aromatic carbocycles. The highest BCUT2D eigenvalue weighted by molar-refractivity contribution is 5.55. The highest BCUT2D eigenvalue weighted by Crippen LogP contribution is 2.19. The van der Waals surface area contributed by atoms with Gasteiger partial charge in [-0.15, -0.1) is 0 Å². The quantitative estimate of drug-likeness (QED) is 0.389. The van der Waals surface area contributed by atoms with Crippen LogP contribution in [0.3, 0.4) is 0 Å². The number of hydrogen-bond donors (Lipinski definition) is 0. The molecule has 1 aliphatic rings. The lowest BCUT2D eigenvalue weighted by molar-refractivity contribution is -0.0219. The van der Waals surface area contributed by atoms with Gasteiger partial charge in [0.15, 0.2) is 6.79 Å². The average Bonchev–Trinajstić information content (AvgIpc) is 2.88. The average molecular weight is 457 g/mol. The van der Waals surface area contributed by atoms with E-state index in [9.17, 15) is 0 Å². The van der Waals surface area contributed by atoms with E-state index in [-0.39, 0.29) is 6.79 Å². The van der Waals surface area contributed by atoms with Crippen LogP contribution in [0, 0.1) is 0 Å². The molecule has 8 heteroatoms.